The third-order valence-corrected chi connectivity index (χ3v) is 3.84. The molecule has 0 aliphatic rings. The predicted molar refractivity (Wildman–Crippen MR) is 66.2 cm³/mol. The molecule has 1 aromatic rings. The number of aryl methyl sites for hydroxylation is 1. The van der Waals surface area contributed by atoms with Crippen molar-refractivity contribution in [2.24, 2.45) is 0 Å². The minimum Gasteiger partial charge on any atom is -0.308 e. The average Bonchev–Trinajstić information content (AvgIpc) is 2.58. The van der Waals surface area contributed by atoms with Crippen LogP contribution in [0.25, 0.3) is 0 Å². The van der Waals surface area contributed by atoms with Crippen molar-refractivity contribution in [3.05, 3.63) is 16.1 Å². The van der Waals surface area contributed by atoms with Gasteiger partial charge in [-0.2, -0.15) is 11.8 Å². The van der Waals surface area contributed by atoms with E-state index in [1.165, 1.54) is 17.2 Å². The van der Waals surface area contributed by atoms with Crippen molar-refractivity contribution < 1.29 is 0 Å². The van der Waals surface area contributed by atoms with Crippen LogP contribution in [0.15, 0.2) is 5.38 Å². The van der Waals surface area contributed by atoms with Crippen LogP contribution in [0.5, 0.6) is 0 Å². The summed E-state index contributed by atoms with van der Waals surface area (Å²) in [4.78, 5) is 4.41. The Hall–Kier alpha value is -0.0600. The number of hydrogen-bond acceptors (Lipinski definition) is 4. The summed E-state index contributed by atoms with van der Waals surface area (Å²) in [5, 5.41) is 6.75. The van der Waals surface area contributed by atoms with Crippen LogP contribution < -0.4 is 5.32 Å². The molecule has 14 heavy (non-hydrogen) atoms. The Bertz CT molecular complexity index is 260. The van der Waals surface area contributed by atoms with Crippen LogP contribution in [0.3, 0.4) is 0 Å². The molecule has 4 heteroatoms. The molecule has 0 aromatic carbocycles. The van der Waals surface area contributed by atoms with Gasteiger partial charge in [-0.05, 0) is 19.6 Å². The summed E-state index contributed by atoms with van der Waals surface area (Å²) in [6, 6.07) is 0.571. The minimum absolute atomic E-state index is 0.571. The largest absolute Gasteiger partial charge is 0.308 e. The zero-order valence-corrected chi connectivity index (χ0v) is 10.7. The normalized spacial score (nSPS) is 13.1. The fourth-order valence-electron chi connectivity index (χ4n) is 1.12. The van der Waals surface area contributed by atoms with Crippen LogP contribution in [0, 0.1) is 6.92 Å². The highest BCUT2D eigenvalue weighted by Crippen LogP contribution is 2.08. The molecule has 0 aliphatic heterocycles. The standard InChI is InChI=1S/C10H18N2S2/c1-4-13-6-8(2)11-5-10-7-14-9(3)12-10/h7-8,11H,4-6H2,1-3H3. The first kappa shape index (κ1) is 12.0. The summed E-state index contributed by atoms with van der Waals surface area (Å²) in [6.45, 7) is 7.36. The first-order valence-corrected chi connectivity index (χ1v) is 6.98. The number of rotatable bonds is 6. The molecule has 1 rings (SSSR count). The quantitative estimate of drug-likeness (QED) is 0.813. The fourth-order valence-corrected chi connectivity index (χ4v) is 2.44. The third-order valence-electron chi connectivity index (χ3n) is 1.87. The number of nitrogens with one attached hydrogen (secondary N) is 1. The Kier molecular flexibility index (Phi) is 5.52. The van der Waals surface area contributed by atoms with Gasteiger partial charge in [0.2, 0.25) is 0 Å². The van der Waals surface area contributed by atoms with Gasteiger partial charge in [0.25, 0.3) is 0 Å². The lowest BCUT2D eigenvalue weighted by atomic mass is 10.3. The van der Waals surface area contributed by atoms with Crippen molar-refractivity contribution in [1.29, 1.82) is 0 Å². The number of thiazole rings is 1. The van der Waals surface area contributed by atoms with Crippen molar-refractivity contribution >= 4 is 23.1 Å². The highest BCUT2D eigenvalue weighted by molar-refractivity contribution is 7.99. The molecule has 1 unspecified atom stereocenters. The zero-order valence-electron chi connectivity index (χ0n) is 9.04. The second-order valence-electron chi connectivity index (χ2n) is 3.30. The molecule has 80 valence electrons. The summed E-state index contributed by atoms with van der Waals surface area (Å²) in [5.74, 6) is 2.38. The van der Waals surface area contributed by atoms with Gasteiger partial charge in [-0.3, -0.25) is 0 Å². The van der Waals surface area contributed by atoms with E-state index in [2.05, 4.69) is 29.5 Å². The van der Waals surface area contributed by atoms with Gasteiger partial charge < -0.3 is 5.32 Å². The Morgan fingerprint density at radius 3 is 3.00 bits per heavy atom. The number of nitrogens with zero attached hydrogens (tertiary/aromatic N) is 1. The van der Waals surface area contributed by atoms with Crippen LogP contribution in [-0.4, -0.2) is 22.5 Å². The van der Waals surface area contributed by atoms with Crippen LogP contribution in [-0.2, 0) is 6.54 Å². The molecular formula is C10H18N2S2. The molecule has 0 fully saturated rings. The number of aromatic nitrogens is 1. The average molecular weight is 230 g/mol. The molecule has 0 spiro atoms. The van der Waals surface area contributed by atoms with E-state index in [1.807, 2.05) is 18.7 Å². The van der Waals surface area contributed by atoms with Crippen molar-refractivity contribution in [3.63, 3.8) is 0 Å². The molecule has 0 radical (unpaired) electrons. The van der Waals surface area contributed by atoms with Gasteiger partial charge in [-0.15, -0.1) is 11.3 Å². The van der Waals surface area contributed by atoms with E-state index < -0.39 is 0 Å². The molecule has 0 aliphatic carbocycles. The van der Waals surface area contributed by atoms with E-state index in [0.717, 1.165) is 11.6 Å². The molecule has 0 bridgehead atoms. The predicted octanol–water partition coefficient (Wildman–Crippen LogP) is 2.68. The summed E-state index contributed by atoms with van der Waals surface area (Å²) in [7, 11) is 0. The molecule has 0 saturated heterocycles. The van der Waals surface area contributed by atoms with Crippen LogP contribution in [0.1, 0.15) is 24.5 Å². The number of thioether (sulfide) groups is 1. The Morgan fingerprint density at radius 1 is 1.64 bits per heavy atom. The van der Waals surface area contributed by atoms with Gasteiger partial charge in [0.05, 0.1) is 10.7 Å². The van der Waals surface area contributed by atoms with Gasteiger partial charge in [-0.25, -0.2) is 4.98 Å². The highest BCUT2D eigenvalue weighted by atomic mass is 32.2. The molecular weight excluding hydrogens is 212 g/mol. The van der Waals surface area contributed by atoms with E-state index in [9.17, 15) is 0 Å². The maximum absolute atomic E-state index is 4.41. The van der Waals surface area contributed by atoms with Crippen molar-refractivity contribution in [2.45, 2.75) is 33.4 Å². The molecule has 1 aromatic heterocycles. The maximum atomic E-state index is 4.41. The third kappa shape index (κ3) is 4.44. The summed E-state index contributed by atoms with van der Waals surface area (Å²) < 4.78 is 0. The topological polar surface area (TPSA) is 24.9 Å². The lowest BCUT2D eigenvalue weighted by Crippen LogP contribution is -2.27. The van der Waals surface area contributed by atoms with Crippen LogP contribution in [0.4, 0.5) is 0 Å². The van der Waals surface area contributed by atoms with E-state index >= 15 is 0 Å². The first-order valence-electron chi connectivity index (χ1n) is 4.94. The SMILES string of the molecule is CCSCC(C)NCc1csc(C)n1. The monoisotopic (exact) mass is 230 g/mol. The van der Waals surface area contributed by atoms with Gasteiger partial charge >= 0.3 is 0 Å². The summed E-state index contributed by atoms with van der Waals surface area (Å²) in [5.41, 5.74) is 1.17. The first-order chi connectivity index (χ1) is 6.72. The van der Waals surface area contributed by atoms with Crippen molar-refractivity contribution in [1.82, 2.24) is 10.3 Å². The van der Waals surface area contributed by atoms with Gasteiger partial charge in [0.1, 0.15) is 0 Å². The molecule has 1 atom stereocenters. The molecule has 1 N–H and O–H groups in total. The van der Waals surface area contributed by atoms with Crippen molar-refractivity contribution in [3.8, 4) is 0 Å². The Labute approximate surface area is 94.5 Å². The van der Waals surface area contributed by atoms with Gasteiger partial charge in [-0.1, -0.05) is 6.92 Å². The molecule has 2 nitrogen and oxygen atoms in total. The van der Waals surface area contributed by atoms with Crippen molar-refractivity contribution in [2.75, 3.05) is 11.5 Å². The fraction of sp³-hybridized carbons (Fsp3) is 0.700. The van der Waals surface area contributed by atoms with E-state index in [1.54, 1.807) is 11.3 Å². The van der Waals surface area contributed by atoms with E-state index in [-0.39, 0.29) is 0 Å². The second kappa shape index (κ2) is 6.43. The molecule has 0 amide bonds. The smallest absolute Gasteiger partial charge is 0.0897 e. The van der Waals surface area contributed by atoms with Gasteiger partial charge in [0.15, 0.2) is 0 Å². The van der Waals surface area contributed by atoms with Gasteiger partial charge in [0, 0.05) is 23.7 Å². The van der Waals surface area contributed by atoms with Crippen LogP contribution >= 0.6 is 23.1 Å². The lowest BCUT2D eigenvalue weighted by molar-refractivity contribution is 0.589. The molecule has 1 heterocycles. The van der Waals surface area contributed by atoms with E-state index in [0.29, 0.717) is 6.04 Å². The second-order valence-corrected chi connectivity index (χ2v) is 5.68. The highest BCUT2D eigenvalue weighted by Gasteiger charge is 2.02. The Balaban J connectivity index is 2.20. The Morgan fingerprint density at radius 2 is 2.43 bits per heavy atom. The maximum Gasteiger partial charge on any atom is 0.0897 e. The molecule has 0 saturated carbocycles. The number of hydrogen-bond donors (Lipinski definition) is 1. The summed E-state index contributed by atoms with van der Waals surface area (Å²) in [6.07, 6.45) is 0. The van der Waals surface area contributed by atoms with Crippen LogP contribution in [0.2, 0.25) is 0 Å². The van der Waals surface area contributed by atoms with E-state index in [4.69, 9.17) is 0 Å². The lowest BCUT2D eigenvalue weighted by Gasteiger charge is -2.11. The zero-order chi connectivity index (χ0) is 10.4. The summed E-state index contributed by atoms with van der Waals surface area (Å²) >= 11 is 3.69. The minimum atomic E-state index is 0.571.